The van der Waals surface area contributed by atoms with Gasteiger partial charge >= 0.3 is 0 Å². The zero-order valence-corrected chi connectivity index (χ0v) is 14.1. The number of fused-ring (bicyclic) bond motifs is 1. The second-order valence-electron chi connectivity index (χ2n) is 5.82. The Balaban J connectivity index is 2.55. The van der Waals surface area contributed by atoms with Gasteiger partial charge in [-0.15, -0.1) is 0 Å². The van der Waals surface area contributed by atoms with Crippen molar-refractivity contribution < 1.29 is 13.0 Å². The number of hydrogen-bond donors (Lipinski definition) is 1. The summed E-state index contributed by atoms with van der Waals surface area (Å²) in [6, 6.07) is 9.20. The molecule has 0 saturated heterocycles. The van der Waals surface area contributed by atoms with Crippen molar-refractivity contribution in [3.05, 3.63) is 41.5 Å². The molecule has 0 aliphatic heterocycles. The summed E-state index contributed by atoms with van der Waals surface area (Å²) in [5.74, 6) is 0. The standard InChI is InChI=1S/C18H24O3S/c1-3-5-7-14-11-15(8-6-4-2)18-13-17(22(19,20)21)10-9-16(18)12-14/h9-13H,3-8H2,1-2H3,(H,19,20,21). The first-order valence-corrected chi connectivity index (χ1v) is 9.42. The van der Waals surface area contributed by atoms with Crippen LogP contribution in [0, 0.1) is 0 Å². The van der Waals surface area contributed by atoms with Gasteiger partial charge in [-0.25, -0.2) is 0 Å². The lowest BCUT2D eigenvalue weighted by atomic mass is 9.95. The van der Waals surface area contributed by atoms with Gasteiger partial charge in [-0.3, -0.25) is 4.55 Å². The van der Waals surface area contributed by atoms with E-state index < -0.39 is 10.1 Å². The normalized spacial score (nSPS) is 12.0. The first kappa shape index (κ1) is 17.0. The Bertz CT molecular complexity index is 748. The first-order chi connectivity index (χ1) is 10.5. The van der Waals surface area contributed by atoms with Crippen LogP contribution in [0.15, 0.2) is 35.2 Å². The van der Waals surface area contributed by atoms with E-state index in [1.54, 1.807) is 12.1 Å². The van der Waals surface area contributed by atoms with Crippen molar-refractivity contribution in [1.29, 1.82) is 0 Å². The van der Waals surface area contributed by atoms with Crippen LogP contribution in [0.3, 0.4) is 0 Å². The molecule has 0 aliphatic rings. The van der Waals surface area contributed by atoms with Crippen LogP contribution in [0.25, 0.3) is 10.8 Å². The first-order valence-electron chi connectivity index (χ1n) is 7.98. The van der Waals surface area contributed by atoms with E-state index in [1.807, 2.05) is 0 Å². The monoisotopic (exact) mass is 320 g/mol. The molecule has 1 N–H and O–H groups in total. The summed E-state index contributed by atoms with van der Waals surface area (Å²) in [4.78, 5) is -0.0287. The molecule has 0 spiro atoms. The van der Waals surface area contributed by atoms with Gasteiger partial charge in [0.25, 0.3) is 10.1 Å². The number of hydrogen-bond acceptors (Lipinski definition) is 2. The summed E-state index contributed by atoms with van der Waals surface area (Å²) in [7, 11) is -4.16. The number of unbranched alkanes of at least 4 members (excludes halogenated alkanes) is 2. The van der Waals surface area contributed by atoms with Crippen molar-refractivity contribution >= 4 is 20.9 Å². The van der Waals surface area contributed by atoms with Gasteiger partial charge in [-0.2, -0.15) is 8.42 Å². The minimum atomic E-state index is -4.16. The molecule has 0 unspecified atom stereocenters. The highest BCUT2D eigenvalue weighted by Crippen LogP contribution is 2.26. The van der Waals surface area contributed by atoms with E-state index in [9.17, 15) is 13.0 Å². The molecule has 2 aromatic rings. The van der Waals surface area contributed by atoms with Crippen molar-refractivity contribution in [2.75, 3.05) is 0 Å². The molecule has 2 aromatic carbocycles. The molecule has 4 heteroatoms. The molecule has 3 nitrogen and oxygen atoms in total. The van der Waals surface area contributed by atoms with Gasteiger partial charge in [0.2, 0.25) is 0 Å². The Hall–Kier alpha value is -1.39. The zero-order valence-electron chi connectivity index (χ0n) is 13.3. The third-order valence-electron chi connectivity index (χ3n) is 3.99. The van der Waals surface area contributed by atoms with Crippen LogP contribution in [0.2, 0.25) is 0 Å². The maximum absolute atomic E-state index is 11.4. The average Bonchev–Trinajstić information content (AvgIpc) is 2.49. The Kier molecular flexibility index (Phi) is 5.59. The average molecular weight is 320 g/mol. The van der Waals surface area contributed by atoms with Gasteiger partial charge in [-0.05, 0) is 59.7 Å². The van der Waals surface area contributed by atoms with E-state index in [4.69, 9.17) is 0 Å². The van der Waals surface area contributed by atoms with Crippen LogP contribution in [0.5, 0.6) is 0 Å². The lowest BCUT2D eigenvalue weighted by Gasteiger charge is -2.11. The van der Waals surface area contributed by atoms with Crippen molar-refractivity contribution in [3.8, 4) is 0 Å². The van der Waals surface area contributed by atoms with E-state index in [-0.39, 0.29) is 4.90 Å². The zero-order chi connectivity index (χ0) is 16.2. The van der Waals surface area contributed by atoms with Crippen molar-refractivity contribution in [2.45, 2.75) is 57.3 Å². The minimum absolute atomic E-state index is 0.0287. The molecule has 0 aromatic heterocycles. The summed E-state index contributed by atoms with van der Waals surface area (Å²) in [5.41, 5.74) is 2.48. The molecule has 2 rings (SSSR count). The molecule has 0 fully saturated rings. The maximum Gasteiger partial charge on any atom is 0.294 e. The Morgan fingerprint density at radius 3 is 2.27 bits per heavy atom. The van der Waals surface area contributed by atoms with Crippen molar-refractivity contribution in [2.24, 2.45) is 0 Å². The quantitative estimate of drug-likeness (QED) is 0.747. The van der Waals surface area contributed by atoms with Gasteiger partial charge in [-0.1, -0.05) is 44.9 Å². The third kappa shape index (κ3) is 4.08. The number of benzene rings is 2. The van der Waals surface area contributed by atoms with Crippen LogP contribution in [-0.2, 0) is 23.0 Å². The molecule has 120 valence electrons. The summed E-state index contributed by atoms with van der Waals surface area (Å²) >= 11 is 0. The molecule has 0 heterocycles. The number of rotatable bonds is 7. The fourth-order valence-electron chi connectivity index (χ4n) is 2.74. The topological polar surface area (TPSA) is 54.4 Å². The predicted molar refractivity (Wildman–Crippen MR) is 91.0 cm³/mol. The summed E-state index contributed by atoms with van der Waals surface area (Å²) < 4.78 is 32.0. The molecule has 0 saturated carbocycles. The number of aryl methyl sites for hydroxylation is 2. The van der Waals surface area contributed by atoms with Crippen LogP contribution < -0.4 is 0 Å². The highest BCUT2D eigenvalue weighted by Gasteiger charge is 2.12. The van der Waals surface area contributed by atoms with E-state index in [0.717, 1.165) is 49.3 Å². The van der Waals surface area contributed by atoms with Gasteiger partial charge in [0.1, 0.15) is 0 Å². The van der Waals surface area contributed by atoms with Crippen molar-refractivity contribution in [1.82, 2.24) is 0 Å². The summed E-state index contributed by atoms with van der Waals surface area (Å²) in [5, 5.41) is 1.98. The molecule has 0 bridgehead atoms. The fraction of sp³-hybridized carbons (Fsp3) is 0.444. The fourth-order valence-corrected chi connectivity index (χ4v) is 3.25. The molecular formula is C18H24O3S. The van der Waals surface area contributed by atoms with Crippen LogP contribution in [0.4, 0.5) is 0 Å². The molecule has 22 heavy (non-hydrogen) atoms. The van der Waals surface area contributed by atoms with Crippen LogP contribution >= 0.6 is 0 Å². The van der Waals surface area contributed by atoms with Crippen molar-refractivity contribution in [3.63, 3.8) is 0 Å². The van der Waals surface area contributed by atoms with Crippen LogP contribution in [0.1, 0.15) is 50.7 Å². The van der Waals surface area contributed by atoms with Gasteiger partial charge in [0.15, 0.2) is 0 Å². The SMILES string of the molecule is CCCCc1cc(CCCC)c2cc(S(=O)(=O)O)ccc2c1. The highest BCUT2D eigenvalue weighted by atomic mass is 32.2. The van der Waals surface area contributed by atoms with E-state index in [2.05, 4.69) is 26.0 Å². The summed E-state index contributed by atoms with van der Waals surface area (Å²) in [6.45, 7) is 4.32. The lowest BCUT2D eigenvalue weighted by Crippen LogP contribution is -1.99. The van der Waals surface area contributed by atoms with E-state index in [1.165, 1.54) is 17.2 Å². The molecule has 0 atom stereocenters. The third-order valence-corrected chi connectivity index (χ3v) is 4.84. The highest BCUT2D eigenvalue weighted by molar-refractivity contribution is 7.85. The molecule has 0 amide bonds. The maximum atomic E-state index is 11.4. The van der Waals surface area contributed by atoms with Gasteiger partial charge < -0.3 is 0 Å². The smallest absolute Gasteiger partial charge is 0.282 e. The molecule has 0 aliphatic carbocycles. The van der Waals surface area contributed by atoms with Gasteiger partial charge in [0.05, 0.1) is 4.90 Å². The Morgan fingerprint density at radius 2 is 1.64 bits per heavy atom. The van der Waals surface area contributed by atoms with E-state index >= 15 is 0 Å². The van der Waals surface area contributed by atoms with E-state index in [0.29, 0.717) is 0 Å². The second-order valence-corrected chi connectivity index (χ2v) is 7.24. The molecule has 0 radical (unpaired) electrons. The summed E-state index contributed by atoms with van der Waals surface area (Å²) in [6.07, 6.45) is 6.46. The largest absolute Gasteiger partial charge is 0.294 e. The molecular weight excluding hydrogens is 296 g/mol. The second kappa shape index (κ2) is 7.25. The lowest BCUT2D eigenvalue weighted by molar-refractivity contribution is 0.483. The van der Waals surface area contributed by atoms with Crippen LogP contribution in [-0.4, -0.2) is 13.0 Å². The minimum Gasteiger partial charge on any atom is -0.282 e. The van der Waals surface area contributed by atoms with Gasteiger partial charge in [0, 0.05) is 0 Å². The Labute approximate surface area is 133 Å². The Morgan fingerprint density at radius 1 is 0.955 bits per heavy atom. The predicted octanol–water partition coefficient (Wildman–Crippen LogP) is 4.77.